The normalized spacial score (nSPS) is 14.4. The van der Waals surface area contributed by atoms with E-state index in [1.807, 2.05) is 29.2 Å². The average Bonchev–Trinajstić information content (AvgIpc) is 2.77. The molecule has 1 heterocycles. The lowest BCUT2D eigenvalue weighted by Gasteiger charge is -2.36. The van der Waals surface area contributed by atoms with Crippen LogP contribution in [0.3, 0.4) is 0 Å². The zero-order valence-electron chi connectivity index (χ0n) is 17.8. The van der Waals surface area contributed by atoms with Gasteiger partial charge in [0.25, 0.3) is 0 Å². The highest BCUT2D eigenvalue weighted by Crippen LogP contribution is 2.21. The number of anilines is 2. The van der Waals surface area contributed by atoms with Gasteiger partial charge in [-0.1, -0.05) is 0 Å². The Bertz CT molecular complexity index is 973. The van der Waals surface area contributed by atoms with Gasteiger partial charge in [-0.25, -0.2) is 12.8 Å². The Balaban J connectivity index is 1.49. The molecule has 2 aromatic carbocycles. The zero-order chi connectivity index (χ0) is 22.4. The van der Waals surface area contributed by atoms with Crippen LogP contribution in [-0.4, -0.2) is 65.3 Å². The molecule has 0 atom stereocenters. The van der Waals surface area contributed by atoms with Gasteiger partial charge < -0.3 is 14.5 Å². The van der Waals surface area contributed by atoms with Crippen LogP contribution in [0, 0.1) is 5.82 Å². The van der Waals surface area contributed by atoms with Crippen molar-refractivity contribution in [2.45, 2.75) is 12.8 Å². The van der Waals surface area contributed by atoms with Crippen molar-refractivity contribution in [3.63, 3.8) is 0 Å². The van der Waals surface area contributed by atoms with Gasteiger partial charge in [-0.3, -0.25) is 9.10 Å². The van der Waals surface area contributed by atoms with Crippen molar-refractivity contribution in [1.82, 2.24) is 4.90 Å². The smallest absolute Gasteiger partial charge is 0.232 e. The maximum Gasteiger partial charge on any atom is 0.232 e. The van der Waals surface area contributed by atoms with Gasteiger partial charge in [-0.05, 0) is 55.0 Å². The number of rotatable bonds is 8. The molecule has 1 saturated heterocycles. The third-order valence-corrected chi connectivity index (χ3v) is 6.53. The molecule has 9 heteroatoms. The second-order valence-electron chi connectivity index (χ2n) is 7.48. The summed E-state index contributed by atoms with van der Waals surface area (Å²) in [5, 5.41) is 0. The first-order valence-electron chi connectivity index (χ1n) is 10.2. The number of ether oxygens (including phenoxy) is 1. The summed E-state index contributed by atoms with van der Waals surface area (Å²) in [5.41, 5.74) is 1.49. The third-order valence-electron chi connectivity index (χ3n) is 5.34. The number of hydrogen-bond donors (Lipinski definition) is 0. The highest BCUT2D eigenvalue weighted by atomic mass is 32.2. The zero-order valence-corrected chi connectivity index (χ0v) is 18.6. The van der Waals surface area contributed by atoms with Gasteiger partial charge in [0, 0.05) is 44.8 Å². The van der Waals surface area contributed by atoms with Crippen molar-refractivity contribution >= 4 is 27.3 Å². The van der Waals surface area contributed by atoms with Crippen LogP contribution in [0.25, 0.3) is 0 Å². The maximum atomic E-state index is 13.2. The van der Waals surface area contributed by atoms with E-state index in [4.69, 9.17) is 4.74 Å². The number of benzene rings is 2. The third kappa shape index (κ3) is 6.10. The van der Waals surface area contributed by atoms with Gasteiger partial charge in [0.2, 0.25) is 15.9 Å². The molecular formula is C22H28FN3O4S. The Hall–Kier alpha value is -2.81. The first kappa shape index (κ1) is 22.9. The molecule has 1 aliphatic heterocycles. The van der Waals surface area contributed by atoms with Gasteiger partial charge in [0.05, 0.1) is 19.1 Å². The van der Waals surface area contributed by atoms with E-state index in [1.54, 1.807) is 7.11 Å². The number of piperazine rings is 1. The van der Waals surface area contributed by atoms with Crippen molar-refractivity contribution < 1.29 is 22.3 Å². The molecule has 7 nitrogen and oxygen atoms in total. The molecule has 2 aromatic rings. The predicted octanol–water partition coefficient (Wildman–Crippen LogP) is 2.73. The number of methoxy groups -OCH3 is 1. The van der Waals surface area contributed by atoms with Crippen LogP contribution in [0.2, 0.25) is 0 Å². The summed E-state index contributed by atoms with van der Waals surface area (Å²) in [4.78, 5) is 16.7. The van der Waals surface area contributed by atoms with E-state index in [-0.39, 0.29) is 18.9 Å². The summed E-state index contributed by atoms with van der Waals surface area (Å²) in [6.07, 6.45) is 1.76. The molecule has 0 radical (unpaired) electrons. The van der Waals surface area contributed by atoms with E-state index in [9.17, 15) is 17.6 Å². The lowest BCUT2D eigenvalue weighted by molar-refractivity contribution is -0.131. The van der Waals surface area contributed by atoms with Crippen LogP contribution in [0.5, 0.6) is 5.75 Å². The largest absolute Gasteiger partial charge is 0.497 e. The highest BCUT2D eigenvalue weighted by Gasteiger charge is 2.22. The second-order valence-corrected chi connectivity index (χ2v) is 9.39. The fraction of sp³-hybridized carbons (Fsp3) is 0.409. The van der Waals surface area contributed by atoms with Crippen molar-refractivity contribution in [2.24, 2.45) is 0 Å². The molecule has 0 aliphatic carbocycles. The quantitative estimate of drug-likeness (QED) is 0.620. The highest BCUT2D eigenvalue weighted by molar-refractivity contribution is 7.92. The molecule has 168 valence electrons. The number of halogens is 1. The number of hydrogen-bond acceptors (Lipinski definition) is 5. The van der Waals surface area contributed by atoms with Crippen LogP contribution in [0.15, 0.2) is 48.5 Å². The van der Waals surface area contributed by atoms with E-state index in [0.717, 1.165) is 30.8 Å². The summed E-state index contributed by atoms with van der Waals surface area (Å²) < 4.78 is 43.8. The van der Waals surface area contributed by atoms with E-state index in [0.29, 0.717) is 25.2 Å². The average molecular weight is 450 g/mol. The van der Waals surface area contributed by atoms with Gasteiger partial charge in [-0.15, -0.1) is 0 Å². The molecule has 0 saturated carbocycles. The predicted molar refractivity (Wildman–Crippen MR) is 120 cm³/mol. The standard InChI is InChI=1S/C22H28FN3O4S/c1-30-21-11-9-19(10-12-21)24-14-16-25(17-15-24)22(27)4-3-13-26(31(2,28)29)20-7-5-18(23)6-8-20/h5-12H,3-4,13-17H2,1-2H3. The molecule has 1 amide bonds. The fourth-order valence-corrected chi connectivity index (χ4v) is 4.60. The molecule has 1 aliphatic rings. The van der Waals surface area contributed by atoms with Crippen molar-refractivity contribution in [2.75, 3.05) is 55.3 Å². The lowest BCUT2D eigenvalue weighted by Crippen LogP contribution is -2.48. The number of sulfonamides is 1. The Morgan fingerprint density at radius 3 is 2.19 bits per heavy atom. The van der Waals surface area contributed by atoms with Crippen LogP contribution < -0.4 is 13.9 Å². The van der Waals surface area contributed by atoms with Gasteiger partial charge in [0.1, 0.15) is 11.6 Å². The minimum atomic E-state index is -3.53. The summed E-state index contributed by atoms with van der Waals surface area (Å²) in [7, 11) is -1.89. The van der Waals surface area contributed by atoms with Crippen molar-refractivity contribution in [3.8, 4) is 5.75 Å². The van der Waals surface area contributed by atoms with E-state index in [2.05, 4.69) is 4.90 Å². The first-order valence-corrected chi connectivity index (χ1v) is 12.0. The molecule has 0 aromatic heterocycles. The van der Waals surface area contributed by atoms with Gasteiger partial charge in [0.15, 0.2) is 0 Å². The lowest BCUT2D eigenvalue weighted by atomic mass is 10.2. The number of nitrogens with zero attached hydrogens (tertiary/aromatic N) is 3. The van der Waals surface area contributed by atoms with E-state index >= 15 is 0 Å². The SMILES string of the molecule is COc1ccc(N2CCN(C(=O)CCCN(c3ccc(F)cc3)S(C)(=O)=O)CC2)cc1. The summed E-state index contributed by atoms with van der Waals surface area (Å²) in [6.45, 7) is 2.89. The Kier molecular flexibility index (Phi) is 7.37. The molecule has 0 N–H and O–H groups in total. The monoisotopic (exact) mass is 449 g/mol. The maximum absolute atomic E-state index is 13.2. The van der Waals surface area contributed by atoms with Crippen molar-refractivity contribution in [1.29, 1.82) is 0 Å². The molecule has 0 unspecified atom stereocenters. The van der Waals surface area contributed by atoms with Crippen LogP contribution >= 0.6 is 0 Å². The van der Waals surface area contributed by atoms with Crippen LogP contribution in [0.1, 0.15) is 12.8 Å². The molecule has 0 bridgehead atoms. The number of carbonyl (C=O) groups excluding carboxylic acids is 1. The second kappa shape index (κ2) is 10.00. The molecule has 1 fully saturated rings. The molecule has 31 heavy (non-hydrogen) atoms. The Morgan fingerprint density at radius 2 is 1.65 bits per heavy atom. The fourth-order valence-electron chi connectivity index (χ4n) is 3.63. The summed E-state index contributed by atoms with van der Waals surface area (Å²) in [5.74, 6) is 0.393. The van der Waals surface area contributed by atoms with E-state index < -0.39 is 15.8 Å². The van der Waals surface area contributed by atoms with Crippen molar-refractivity contribution in [3.05, 3.63) is 54.3 Å². The summed E-state index contributed by atoms with van der Waals surface area (Å²) in [6, 6.07) is 13.1. The topological polar surface area (TPSA) is 70.2 Å². The summed E-state index contributed by atoms with van der Waals surface area (Å²) >= 11 is 0. The van der Waals surface area contributed by atoms with Crippen LogP contribution in [0.4, 0.5) is 15.8 Å². The van der Waals surface area contributed by atoms with Gasteiger partial charge >= 0.3 is 0 Å². The van der Waals surface area contributed by atoms with E-state index in [1.165, 1.54) is 28.6 Å². The Morgan fingerprint density at radius 1 is 1.03 bits per heavy atom. The first-order chi connectivity index (χ1) is 14.8. The minimum Gasteiger partial charge on any atom is -0.497 e. The number of amides is 1. The minimum absolute atomic E-state index is 0.0157. The molecule has 0 spiro atoms. The number of carbonyl (C=O) groups is 1. The molecular weight excluding hydrogens is 421 g/mol. The van der Waals surface area contributed by atoms with Gasteiger partial charge in [-0.2, -0.15) is 0 Å². The molecule has 3 rings (SSSR count). The Labute approximate surface area is 183 Å². The van der Waals surface area contributed by atoms with Crippen LogP contribution in [-0.2, 0) is 14.8 Å².